The average molecular weight is 348 g/mol. The molecule has 0 spiro atoms. The highest BCUT2D eigenvalue weighted by molar-refractivity contribution is 6.09. The third-order valence-electron chi connectivity index (χ3n) is 4.21. The van der Waals surface area contributed by atoms with Gasteiger partial charge in [-0.15, -0.1) is 0 Å². The molecule has 1 amide bonds. The van der Waals surface area contributed by atoms with Crippen molar-refractivity contribution >= 4 is 17.7 Å². The number of hydrogen-bond acceptors (Lipinski definition) is 3. The van der Waals surface area contributed by atoms with Crippen LogP contribution < -0.4 is 10.1 Å². The molecule has 0 radical (unpaired) electrons. The number of nitrogens with one attached hydrogen (secondary N) is 1. The van der Waals surface area contributed by atoms with Crippen molar-refractivity contribution < 1.29 is 9.53 Å². The molecule has 0 saturated carbocycles. The Morgan fingerprint density at radius 1 is 1.19 bits per heavy atom. The Morgan fingerprint density at radius 2 is 1.85 bits per heavy atom. The largest absolute Gasteiger partial charge is 0.496 e. The van der Waals surface area contributed by atoms with E-state index >= 15 is 0 Å². The second-order valence-corrected chi connectivity index (χ2v) is 6.60. The van der Waals surface area contributed by atoms with Gasteiger partial charge in [0.05, 0.1) is 7.11 Å². The van der Waals surface area contributed by atoms with Gasteiger partial charge in [-0.3, -0.25) is 4.79 Å². The van der Waals surface area contributed by atoms with E-state index in [2.05, 4.69) is 19.2 Å². The zero-order valence-electron chi connectivity index (χ0n) is 15.9. The molecule has 0 bridgehead atoms. The van der Waals surface area contributed by atoms with Gasteiger partial charge in [-0.05, 0) is 66.8 Å². The van der Waals surface area contributed by atoms with E-state index in [1.165, 1.54) is 0 Å². The Hall–Kier alpha value is -3.06. The summed E-state index contributed by atoms with van der Waals surface area (Å²) >= 11 is 0. The minimum absolute atomic E-state index is 0.0635. The molecule has 0 aliphatic rings. The van der Waals surface area contributed by atoms with E-state index in [-0.39, 0.29) is 11.5 Å². The molecule has 2 rings (SSSR count). The van der Waals surface area contributed by atoms with Crippen molar-refractivity contribution in [1.82, 2.24) is 0 Å². The van der Waals surface area contributed by atoms with Crippen LogP contribution in [0.4, 0.5) is 5.69 Å². The smallest absolute Gasteiger partial charge is 0.266 e. The number of aryl methyl sites for hydroxylation is 2. The molecule has 2 aromatic carbocycles. The lowest BCUT2D eigenvalue weighted by molar-refractivity contribution is -0.112. The molecule has 0 unspecified atom stereocenters. The van der Waals surface area contributed by atoms with E-state index in [0.717, 1.165) is 28.0 Å². The summed E-state index contributed by atoms with van der Waals surface area (Å²) in [5.41, 5.74) is 4.66. The van der Waals surface area contributed by atoms with Gasteiger partial charge in [0.25, 0.3) is 5.91 Å². The van der Waals surface area contributed by atoms with Crippen molar-refractivity contribution in [2.75, 3.05) is 12.4 Å². The first-order valence-corrected chi connectivity index (χ1v) is 8.54. The molecule has 4 nitrogen and oxygen atoms in total. The molecule has 0 heterocycles. The maximum atomic E-state index is 12.5. The Labute approximate surface area is 155 Å². The van der Waals surface area contributed by atoms with Gasteiger partial charge < -0.3 is 10.1 Å². The Bertz CT molecular complexity index is 872. The monoisotopic (exact) mass is 348 g/mol. The van der Waals surface area contributed by atoms with Crippen LogP contribution in [-0.4, -0.2) is 13.0 Å². The Morgan fingerprint density at radius 3 is 2.38 bits per heavy atom. The number of benzene rings is 2. The predicted molar refractivity (Wildman–Crippen MR) is 105 cm³/mol. The van der Waals surface area contributed by atoms with Crippen molar-refractivity contribution in [2.24, 2.45) is 0 Å². The lowest BCUT2D eigenvalue weighted by Gasteiger charge is -2.15. The second kappa shape index (κ2) is 8.35. The first-order chi connectivity index (χ1) is 12.3. The van der Waals surface area contributed by atoms with Crippen LogP contribution in [0.25, 0.3) is 6.08 Å². The molecule has 2 aromatic rings. The summed E-state index contributed by atoms with van der Waals surface area (Å²) in [6.07, 6.45) is 1.63. The summed E-state index contributed by atoms with van der Waals surface area (Å²) < 4.78 is 5.44. The summed E-state index contributed by atoms with van der Waals surface area (Å²) in [5.74, 6) is 0.666. The Balaban J connectivity index is 2.36. The molecule has 0 aliphatic heterocycles. The summed E-state index contributed by atoms with van der Waals surface area (Å²) in [4.78, 5) is 12.5. The Kier molecular flexibility index (Phi) is 6.19. The van der Waals surface area contributed by atoms with Crippen molar-refractivity contribution in [1.29, 1.82) is 5.26 Å². The van der Waals surface area contributed by atoms with Gasteiger partial charge in [0.15, 0.2) is 0 Å². The van der Waals surface area contributed by atoms with Gasteiger partial charge in [-0.1, -0.05) is 31.5 Å². The molecule has 0 aliphatic carbocycles. The fourth-order valence-electron chi connectivity index (χ4n) is 2.64. The van der Waals surface area contributed by atoms with Crippen molar-refractivity contribution in [2.45, 2.75) is 33.6 Å². The molecule has 134 valence electrons. The van der Waals surface area contributed by atoms with Gasteiger partial charge in [-0.2, -0.15) is 5.26 Å². The van der Waals surface area contributed by atoms with E-state index in [9.17, 15) is 10.1 Å². The number of amides is 1. The highest BCUT2D eigenvalue weighted by atomic mass is 16.5. The molecule has 0 aromatic heterocycles. The van der Waals surface area contributed by atoms with Crippen LogP contribution in [0.5, 0.6) is 5.75 Å². The topological polar surface area (TPSA) is 62.1 Å². The number of rotatable bonds is 5. The summed E-state index contributed by atoms with van der Waals surface area (Å²) in [6, 6.07) is 13.4. The van der Waals surface area contributed by atoms with Crippen molar-refractivity contribution in [3.8, 4) is 11.8 Å². The zero-order chi connectivity index (χ0) is 19.3. The van der Waals surface area contributed by atoms with Crippen LogP contribution in [0.1, 0.15) is 42.0 Å². The number of carbonyl (C=O) groups is 1. The molecule has 0 atom stereocenters. The minimum atomic E-state index is -0.419. The number of anilines is 1. The SMILES string of the molecule is COc1cc(C)c(/C=C(/C#N)C(=O)Nc2ccc(C)cc2)cc1C(C)C. The number of nitrogens with zero attached hydrogens (tertiary/aromatic N) is 1. The van der Waals surface area contributed by atoms with Crippen LogP contribution in [-0.2, 0) is 4.79 Å². The third kappa shape index (κ3) is 4.52. The summed E-state index contributed by atoms with van der Waals surface area (Å²) in [5, 5.41) is 12.2. The standard InChI is InChI=1S/C22H24N2O2/c1-14(2)20-12-17(16(4)10-21(20)26-5)11-18(13-23)22(25)24-19-8-6-15(3)7-9-19/h6-12,14H,1-5H3,(H,24,25)/b18-11-. The fourth-order valence-corrected chi connectivity index (χ4v) is 2.64. The third-order valence-corrected chi connectivity index (χ3v) is 4.21. The second-order valence-electron chi connectivity index (χ2n) is 6.60. The maximum Gasteiger partial charge on any atom is 0.266 e. The predicted octanol–water partition coefficient (Wildman–Crippen LogP) is 4.98. The number of methoxy groups -OCH3 is 1. The minimum Gasteiger partial charge on any atom is -0.496 e. The maximum absolute atomic E-state index is 12.5. The molecule has 0 saturated heterocycles. The van der Waals surface area contributed by atoms with Gasteiger partial charge in [-0.25, -0.2) is 0 Å². The fraction of sp³-hybridized carbons (Fsp3) is 0.273. The quantitative estimate of drug-likeness (QED) is 0.612. The lowest BCUT2D eigenvalue weighted by Crippen LogP contribution is -2.13. The zero-order valence-corrected chi connectivity index (χ0v) is 15.9. The molecule has 1 N–H and O–H groups in total. The number of carbonyl (C=O) groups excluding carboxylic acids is 1. The highest BCUT2D eigenvalue weighted by Crippen LogP contribution is 2.30. The van der Waals surface area contributed by atoms with E-state index in [1.54, 1.807) is 13.2 Å². The van der Waals surface area contributed by atoms with Crippen molar-refractivity contribution in [3.05, 3.63) is 64.2 Å². The van der Waals surface area contributed by atoms with Crippen LogP contribution >= 0.6 is 0 Å². The number of nitriles is 1. The van der Waals surface area contributed by atoms with Gasteiger partial charge in [0.2, 0.25) is 0 Å². The van der Waals surface area contributed by atoms with Gasteiger partial charge in [0, 0.05) is 5.69 Å². The van der Waals surface area contributed by atoms with Crippen LogP contribution in [0.3, 0.4) is 0 Å². The van der Waals surface area contributed by atoms with Gasteiger partial charge in [0.1, 0.15) is 17.4 Å². The normalized spacial score (nSPS) is 11.2. The highest BCUT2D eigenvalue weighted by Gasteiger charge is 2.14. The summed E-state index contributed by atoms with van der Waals surface area (Å²) in [6.45, 7) is 8.07. The average Bonchev–Trinajstić information content (AvgIpc) is 2.61. The van der Waals surface area contributed by atoms with E-state index in [4.69, 9.17) is 4.74 Å². The number of hydrogen-bond donors (Lipinski definition) is 1. The van der Waals surface area contributed by atoms with E-state index in [0.29, 0.717) is 5.69 Å². The number of ether oxygens (including phenoxy) is 1. The molecular weight excluding hydrogens is 324 g/mol. The van der Waals surface area contributed by atoms with Crippen LogP contribution in [0, 0.1) is 25.2 Å². The molecule has 4 heteroatoms. The first-order valence-electron chi connectivity index (χ1n) is 8.54. The molecule has 26 heavy (non-hydrogen) atoms. The van der Waals surface area contributed by atoms with Crippen LogP contribution in [0.2, 0.25) is 0 Å². The van der Waals surface area contributed by atoms with Gasteiger partial charge >= 0.3 is 0 Å². The van der Waals surface area contributed by atoms with Crippen molar-refractivity contribution in [3.63, 3.8) is 0 Å². The summed E-state index contributed by atoms with van der Waals surface area (Å²) in [7, 11) is 1.64. The van der Waals surface area contributed by atoms with E-state index < -0.39 is 5.91 Å². The van der Waals surface area contributed by atoms with E-state index in [1.807, 2.05) is 56.3 Å². The molecular formula is C22H24N2O2. The van der Waals surface area contributed by atoms with Crippen LogP contribution in [0.15, 0.2) is 42.0 Å². The lowest BCUT2D eigenvalue weighted by atomic mass is 9.95. The first kappa shape index (κ1) is 19.3. The molecule has 0 fully saturated rings.